The molecule has 0 heterocycles. The molecule has 4 nitrogen and oxygen atoms in total. The molecule has 0 spiro atoms. The van der Waals surface area contributed by atoms with Crippen LogP contribution in [0.5, 0.6) is 5.75 Å². The number of benzene rings is 1. The van der Waals surface area contributed by atoms with Gasteiger partial charge in [0, 0.05) is 11.0 Å². The Hall–Kier alpha value is -0.590. The lowest BCUT2D eigenvalue weighted by molar-refractivity contribution is -0.123. The van der Waals surface area contributed by atoms with E-state index in [1.165, 1.54) is 0 Å². The highest BCUT2D eigenvalue weighted by Gasteiger charge is 2.22. The van der Waals surface area contributed by atoms with E-state index >= 15 is 0 Å². The van der Waals surface area contributed by atoms with Crippen LogP contribution in [0, 0.1) is 5.92 Å². The largest absolute Gasteiger partial charge is 0.483 e. The van der Waals surface area contributed by atoms with E-state index < -0.39 is 0 Å². The molecular weight excluding hydrogens is 390 g/mol. The number of nitrogens with one attached hydrogen (secondary N) is 1. The molecule has 1 aliphatic carbocycles. The van der Waals surface area contributed by atoms with Gasteiger partial charge in [0.2, 0.25) is 0 Å². The number of aliphatic hydroxyl groups excluding tert-OH is 1. The first-order chi connectivity index (χ1) is 9.54. The van der Waals surface area contributed by atoms with Crippen LogP contribution in [0.25, 0.3) is 0 Å². The minimum Gasteiger partial charge on any atom is -0.483 e. The monoisotopic (exact) mass is 405 g/mol. The van der Waals surface area contributed by atoms with Crippen LogP contribution in [0.2, 0.25) is 0 Å². The molecule has 20 heavy (non-hydrogen) atoms. The maximum atomic E-state index is 11.7. The normalized spacial score (nSPS) is 21.8. The lowest BCUT2D eigenvalue weighted by Gasteiger charge is -2.12. The zero-order valence-corrected chi connectivity index (χ0v) is 14.1. The van der Waals surface area contributed by atoms with E-state index in [9.17, 15) is 9.90 Å². The van der Waals surface area contributed by atoms with Gasteiger partial charge < -0.3 is 15.2 Å². The summed E-state index contributed by atoms with van der Waals surface area (Å²) in [6.45, 7) is 0.607. The van der Waals surface area contributed by atoms with Gasteiger partial charge in [-0.1, -0.05) is 15.9 Å². The van der Waals surface area contributed by atoms with Gasteiger partial charge in [-0.15, -0.1) is 0 Å². The fourth-order valence-electron chi connectivity index (χ4n) is 2.28. The van der Waals surface area contributed by atoms with Crippen LogP contribution < -0.4 is 10.1 Å². The molecule has 0 bridgehead atoms. The third kappa shape index (κ3) is 4.75. The van der Waals surface area contributed by atoms with Crippen LogP contribution in [0.4, 0.5) is 0 Å². The van der Waals surface area contributed by atoms with Crippen molar-refractivity contribution in [1.29, 1.82) is 0 Å². The van der Waals surface area contributed by atoms with Crippen molar-refractivity contribution in [3.05, 3.63) is 27.1 Å². The Morgan fingerprint density at radius 2 is 2.20 bits per heavy atom. The molecule has 1 aromatic rings. The molecule has 1 aliphatic rings. The second-order valence-electron chi connectivity index (χ2n) is 5.00. The van der Waals surface area contributed by atoms with Gasteiger partial charge in [-0.3, -0.25) is 4.79 Å². The molecule has 0 aliphatic heterocycles. The molecule has 1 amide bonds. The van der Waals surface area contributed by atoms with Crippen molar-refractivity contribution >= 4 is 37.8 Å². The highest BCUT2D eigenvalue weighted by molar-refractivity contribution is 9.11. The van der Waals surface area contributed by atoms with E-state index in [0.29, 0.717) is 18.2 Å². The van der Waals surface area contributed by atoms with Crippen molar-refractivity contribution in [2.45, 2.75) is 25.4 Å². The maximum Gasteiger partial charge on any atom is 0.257 e. The zero-order chi connectivity index (χ0) is 14.5. The Balaban J connectivity index is 1.72. The van der Waals surface area contributed by atoms with Gasteiger partial charge in [-0.25, -0.2) is 0 Å². The lowest BCUT2D eigenvalue weighted by atomic mass is 10.1. The van der Waals surface area contributed by atoms with Crippen molar-refractivity contribution < 1.29 is 14.6 Å². The Kier molecular flexibility index (Phi) is 5.86. The Morgan fingerprint density at radius 1 is 1.40 bits per heavy atom. The molecule has 0 aromatic heterocycles. The van der Waals surface area contributed by atoms with Crippen LogP contribution in [0.3, 0.4) is 0 Å². The third-order valence-electron chi connectivity index (χ3n) is 3.35. The first kappa shape index (κ1) is 15.8. The number of aliphatic hydroxyl groups is 1. The Morgan fingerprint density at radius 3 is 2.85 bits per heavy atom. The standard InChI is InChI=1S/C14H17Br2NO3/c15-10-2-4-13(12(16)6-10)20-8-14(19)17-7-9-1-3-11(18)5-9/h2,4,6,9,11,18H,1,3,5,7-8H2,(H,17,19). The predicted molar refractivity (Wildman–Crippen MR) is 83.7 cm³/mol. The van der Waals surface area contributed by atoms with E-state index in [-0.39, 0.29) is 18.6 Å². The molecule has 1 saturated carbocycles. The lowest BCUT2D eigenvalue weighted by Crippen LogP contribution is -2.32. The van der Waals surface area contributed by atoms with Gasteiger partial charge >= 0.3 is 0 Å². The summed E-state index contributed by atoms with van der Waals surface area (Å²) in [6.07, 6.45) is 2.38. The number of ether oxygens (including phenoxy) is 1. The summed E-state index contributed by atoms with van der Waals surface area (Å²) in [6, 6.07) is 5.53. The zero-order valence-electron chi connectivity index (χ0n) is 10.9. The molecule has 0 radical (unpaired) electrons. The average Bonchev–Trinajstić information content (AvgIpc) is 2.81. The van der Waals surface area contributed by atoms with Crippen molar-refractivity contribution in [2.75, 3.05) is 13.2 Å². The molecule has 2 atom stereocenters. The van der Waals surface area contributed by atoms with E-state index in [0.717, 1.165) is 28.2 Å². The Labute approximate surface area is 135 Å². The Bertz CT molecular complexity index is 481. The summed E-state index contributed by atoms with van der Waals surface area (Å²) >= 11 is 6.74. The third-order valence-corrected chi connectivity index (χ3v) is 4.47. The fraction of sp³-hybridized carbons (Fsp3) is 0.500. The molecule has 110 valence electrons. The quantitative estimate of drug-likeness (QED) is 0.790. The van der Waals surface area contributed by atoms with E-state index in [1.54, 1.807) is 6.07 Å². The van der Waals surface area contributed by atoms with Gasteiger partial charge in [0.1, 0.15) is 5.75 Å². The van der Waals surface area contributed by atoms with Gasteiger partial charge in [0.15, 0.2) is 6.61 Å². The number of halogens is 2. The summed E-state index contributed by atoms with van der Waals surface area (Å²) in [5.74, 6) is 0.884. The maximum absolute atomic E-state index is 11.7. The van der Waals surface area contributed by atoms with Crippen molar-refractivity contribution in [3.8, 4) is 5.75 Å². The summed E-state index contributed by atoms with van der Waals surface area (Å²) in [5.41, 5.74) is 0. The average molecular weight is 407 g/mol. The van der Waals surface area contributed by atoms with Crippen molar-refractivity contribution in [3.63, 3.8) is 0 Å². The predicted octanol–water partition coefficient (Wildman–Crippen LogP) is 2.87. The molecule has 0 saturated heterocycles. The summed E-state index contributed by atoms with van der Waals surface area (Å²) in [5, 5.41) is 12.3. The minimum atomic E-state index is -0.202. The fourth-order valence-corrected chi connectivity index (χ4v) is 3.44. The molecule has 2 N–H and O–H groups in total. The number of hydrogen-bond acceptors (Lipinski definition) is 3. The highest BCUT2D eigenvalue weighted by Crippen LogP contribution is 2.28. The highest BCUT2D eigenvalue weighted by atomic mass is 79.9. The topological polar surface area (TPSA) is 58.6 Å². The number of rotatable bonds is 5. The van der Waals surface area contributed by atoms with Gasteiger partial charge in [0.05, 0.1) is 10.6 Å². The van der Waals surface area contributed by atoms with Crippen molar-refractivity contribution in [1.82, 2.24) is 5.32 Å². The first-order valence-electron chi connectivity index (χ1n) is 6.57. The molecule has 1 aromatic carbocycles. The second-order valence-corrected chi connectivity index (χ2v) is 6.77. The van der Waals surface area contributed by atoms with E-state index in [1.807, 2.05) is 12.1 Å². The van der Waals surface area contributed by atoms with Gasteiger partial charge in [-0.2, -0.15) is 0 Å². The van der Waals surface area contributed by atoms with Crippen LogP contribution in [0.1, 0.15) is 19.3 Å². The van der Waals surface area contributed by atoms with E-state index in [2.05, 4.69) is 37.2 Å². The van der Waals surface area contributed by atoms with Crippen LogP contribution in [-0.4, -0.2) is 30.3 Å². The molecule has 2 rings (SSSR count). The minimum absolute atomic E-state index is 0.00446. The van der Waals surface area contributed by atoms with Crippen LogP contribution >= 0.6 is 31.9 Å². The van der Waals surface area contributed by atoms with Gasteiger partial charge in [0.25, 0.3) is 5.91 Å². The molecule has 1 fully saturated rings. The molecule has 2 unspecified atom stereocenters. The molecule has 6 heteroatoms. The van der Waals surface area contributed by atoms with Crippen LogP contribution in [0.15, 0.2) is 27.1 Å². The summed E-state index contributed by atoms with van der Waals surface area (Å²) in [4.78, 5) is 11.7. The molecular formula is C14H17Br2NO3. The summed E-state index contributed by atoms with van der Waals surface area (Å²) < 4.78 is 7.21. The number of hydrogen-bond donors (Lipinski definition) is 2. The van der Waals surface area contributed by atoms with E-state index in [4.69, 9.17) is 4.74 Å². The van der Waals surface area contributed by atoms with Gasteiger partial charge in [-0.05, 0) is 59.3 Å². The summed E-state index contributed by atoms with van der Waals surface area (Å²) in [7, 11) is 0. The SMILES string of the molecule is O=C(COc1ccc(Br)cc1Br)NCC1CCC(O)C1. The first-order valence-corrected chi connectivity index (χ1v) is 8.16. The number of amides is 1. The van der Waals surface area contributed by atoms with Crippen LogP contribution in [-0.2, 0) is 4.79 Å². The second kappa shape index (κ2) is 7.43. The number of carbonyl (C=O) groups excluding carboxylic acids is 1. The smallest absolute Gasteiger partial charge is 0.257 e. The number of carbonyl (C=O) groups is 1. The van der Waals surface area contributed by atoms with Crippen molar-refractivity contribution in [2.24, 2.45) is 5.92 Å².